The molecule has 0 saturated heterocycles. The van der Waals surface area contributed by atoms with Crippen molar-refractivity contribution in [2.75, 3.05) is 0 Å². The van der Waals surface area contributed by atoms with Crippen LogP contribution < -0.4 is 0 Å². The number of rotatable bonds is 6. The Kier molecular flexibility index (Phi) is 4.70. The molecule has 0 aromatic heterocycles. The fourth-order valence-corrected chi connectivity index (χ4v) is 4.54. The van der Waals surface area contributed by atoms with Gasteiger partial charge in [-0.25, -0.2) is 8.42 Å². The average Bonchev–Trinajstić information content (AvgIpc) is 3.45. The van der Waals surface area contributed by atoms with Crippen LogP contribution in [-0.2, 0) is 16.6 Å². The first-order chi connectivity index (χ1) is 11.5. The lowest BCUT2D eigenvalue weighted by molar-refractivity contribution is 0.303. The highest BCUT2D eigenvalue weighted by molar-refractivity contribution is 7.89. The summed E-state index contributed by atoms with van der Waals surface area (Å²) in [6.45, 7) is 2.35. The molecule has 0 heterocycles. The Balaban J connectivity index is 1.94. The topological polar surface area (TPSA) is 61.2 Å². The van der Waals surface area contributed by atoms with Gasteiger partial charge in [-0.3, -0.25) is 0 Å². The van der Waals surface area contributed by atoms with E-state index in [0.29, 0.717) is 18.0 Å². The summed E-state index contributed by atoms with van der Waals surface area (Å²) in [7, 11) is -3.60. The summed E-state index contributed by atoms with van der Waals surface area (Å²) in [6.07, 6.45) is 2.16. The predicted octanol–water partition coefficient (Wildman–Crippen LogP) is 3.55. The zero-order valence-corrected chi connectivity index (χ0v) is 14.4. The molecular formula is C19H20N2O2S. The van der Waals surface area contributed by atoms with Crippen molar-refractivity contribution in [2.45, 2.75) is 37.2 Å². The molecular weight excluding hydrogens is 320 g/mol. The summed E-state index contributed by atoms with van der Waals surface area (Å²) < 4.78 is 27.9. The minimum absolute atomic E-state index is 0.0363. The maximum Gasteiger partial charge on any atom is 0.243 e. The molecule has 5 heteroatoms. The van der Waals surface area contributed by atoms with Crippen molar-refractivity contribution >= 4 is 10.0 Å². The van der Waals surface area contributed by atoms with Crippen molar-refractivity contribution in [3.05, 3.63) is 65.7 Å². The number of hydrogen-bond donors (Lipinski definition) is 0. The van der Waals surface area contributed by atoms with Gasteiger partial charge in [0.1, 0.15) is 0 Å². The molecule has 124 valence electrons. The van der Waals surface area contributed by atoms with E-state index in [1.807, 2.05) is 43.3 Å². The maximum absolute atomic E-state index is 13.2. The van der Waals surface area contributed by atoms with E-state index in [1.54, 1.807) is 16.4 Å². The molecule has 2 aromatic rings. The number of sulfonamides is 1. The highest BCUT2D eigenvalue weighted by atomic mass is 32.2. The largest absolute Gasteiger partial charge is 0.243 e. The fraction of sp³-hybridized carbons (Fsp3) is 0.316. The molecule has 0 radical (unpaired) electrons. The van der Waals surface area contributed by atoms with Crippen molar-refractivity contribution in [3.8, 4) is 6.07 Å². The molecule has 1 saturated carbocycles. The molecule has 1 aliphatic rings. The second kappa shape index (κ2) is 6.76. The van der Waals surface area contributed by atoms with Crippen molar-refractivity contribution < 1.29 is 8.42 Å². The monoisotopic (exact) mass is 340 g/mol. The van der Waals surface area contributed by atoms with E-state index in [4.69, 9.17) is 5.26 Å². The lowest BCUT2D eigenvalue weighted by Crippen LogP contribution is -2.39. The Bertz CT molecular complexity index is 835. The van der Waals surface area contributed by atoms with E-state index < -0.39 is 10.0 Å². The SMILES string of the molecule is C[C@@H](C1CC1)N(Cc1ccccc1)S(=O)(=O)c1ccc(C#N)cc1. The van der Waals surface area contributed by atoms with Gasteiger partial charge in [0, 0.05) is 12.6 Å². The molecule has 4 nitrogen and oxygen atoms in total. The lowest BCUT2D eigenvalue weighted by atomic mass is 10.2. The van der Waals surface area contributed by atoms with Gasteiger partial charge in [-0.15, -0.1) is 0 Å². The molecule has 0 bridgehead atoms. The first-order valence-corrected chi connectivity index (χ1v) is 9.52. The number of nitrogens with zero attached hydrogens (tertiary/aromatic N) is 2. The zero-order chi connectivity index (χ0) is 17.2. The van der Waals surface area contributed by atoms with Crippen LogP contribution >= 0.6 is 0 Å². The predicted molar refractivity (Wildman–Crippen MR) is 92.5 cm³/mol. The van der Waals surface area contributed by atoms with Gasteiger partial charge < -0.3 is 0 Å². The fourth-order valence-electron chi connectivity index (χ4n) is 2.86. The minimum Gasteiger partial charge on any atom is -0.207 e. The molecule has 1 aliphatic carbocycles. The Morgan fingerprint density at radius 3 is 2.29 bits per heavy atom. The number of benzene rings is 2. The summed E-state index contributed by atoms with van der Waals surface area (Å²) in [5.74, 6) is 0.432. The Hall–Kier alpha value is -2.16. The molecule has 0 unspecified atom stereocenters. The number of nitriles is 1. The third-order valence-electron chi connectivity index (χ3n) is 4.53. The van der Waals surface area contributed by atoms with Crippen molar-refractivity contribution in [1.82, 2.24) is 4.31 Å². The third kappa shape index (κ3) is 3.50. The summed E-state index contributed by atoms with van der Waals surface area (Å²) in [6, 6.07) is 17.8. The summed E-state index contributed by atoms with van der Waals surface area (Å²) in [5, 5.41) is 8.89. The van der Waals surface area contributed by atoms with Gasteiger partial charge in [-0.2, -0.15) is 9.57 Å². The van der Waals surface area contributed by atoms with E-state index in [1.165, 1.54) is 12.1 Å². The molecule has 0 amide bonds. The Morgan fingerprint density at radius 2 is 1.75 bits per heavy atom. The van der Waals surface area contributed by atoms with E-state index in [9.17, 15) is 8.42 Å². The molecule has 2 aromatic carbocycles. The van der Waals surface area contributed by atoms with Crippen molar-refractivity contribution in [2.24, 2.45) is 5.92 Å². The van der Waals surface area contributed by atoms with Gasteiger partial charge in [-0.05, 0) is 55.5 Å². The molecule has 1 fully saturated rings. The average molecular weight is 340 g/mol. The Labute approximate surface area is 143 Å². The normalized spacial score (nSPS) is 15.9. The zero-order valence-electron chi connectivity index (χ0n) is 13.6. The highest BCUT2D eigenvalue weighted by Gasteiger charge is 2.38. The standard InChI is InChI=1S/C19H20N2O2S/c1-15(18-9-10-18)21(14-17-5-3-2-4-6-17)24(22,23)19-11-7-16(13-20)8-12-19/h2-8,11-12,15,18H,9-10,14H2,1H3/t15-/m0/s1. The van der Waals surface area contributed by atoms with Gasteiger partial charge in [0.15, 0.2) is 0 Å². The van der Waals surface area contributed by atoms with Crippen LogP contribution in [-0.4, -0.2) is 18.8 Å². The lowest BCUT2D eigenvalue weighted by Gasteiger charge is -2.28. The Morgan fingerprint density at radius 1 is 1.12 bits per heavy atom. The van der Waals surface area contributed by atoms with Crippen LogP contribution in [0, 0.1) is 17.2 Å². The van der Waals surface area contributed by atoms with Crippen molar-refractivity contribution in [1.29, 1.82) is 5.26 Å². The highest BCUT2D eigenvalue weighted by Crippen LogP contribution is 2.37. The molecule has 0 aliphatic heterocycles. The van der Waals surface area contributed by atoms with Crippen LogP contribution in [0.1, 0.15) is 30.9 Å². The first-order valence-electron chi connectivity index (χ1n) is 8.08. The van der Waals surface area contributed by atoms with E-state index in [0.717, 1.165) is 18.4 Å². The molecule has 3 rings (SSSR count). The van der Waals surface area contributed by atoms with Crippen LogP contribution in [0.15, 0.2) is 59.5 Å². The van der Waals surface area contributed by atoms with Gasteiger partial charge in [0.2, 0.25) is 10.0 Å². The molecule has 24 heavy (non-hydrogen) atoms. The summed E-state index contributed by atoms with van der Waals surface area (Å²) in [4.78, 5) is 0.241. The second-order valence-corrected chi connectivity index (χ2v) is 8.14. The van der Waals surface area contributed by atoms with Crippen LogP contribution in [0.2, 0.25) is 0 Å². The quantitative estimate of drug-likeness (QED) is 0.808. The van der Waals surface area contributed by atoms with E-state index in [-0.39, 0.29) is 10.9 Å². The molecule has 1 atom stereocenters. The van der Waals surface area contributed by atoms with E-state index in [2.05, 4.69) is 0 Å². The van der Waals surface area contributed by atoms with Crippen LogP contribution in [0.3, 0.4) is 0 Å². The van der Waals surface area contributed by atoms with Gasteiger partial charge in [-0.1, -0.05) is 30.3 Å². The van der Waals surface area contributed by atoms with Gasteiger partial charge in [0.25, 0.3) is 0 Å². The second-order valence-electron chi connectivity index (χ2n) is 6.25. The van der Waals surface area contributed by atoms with Crippen LogP contribution in [0.4, 0.5) is 0 Å². The maximum atomic E-state index is 13.2. The number of hydrogen-bond acceptors (Lipinski definition) is 3. The molecule has 0 spiro atoms. The van der Waals surface area contributed by atoms with Gasteiger partial charge in [0.05, 0.1) is 16.5 Å². The minimum atomic E-state index is -3.60. The summed E-state index contributed by atoms with van der Waals surface area (Å²) >= 11 is 0. The van der Waals surface area contributed by atoms with Gasteiger partial charge >= 0.3 is 0 Å². The van der Waals surface area contributed by atoms with E-state index >= 15 is 0 Å². The molecule has 0 N–H and O–H groups in total. The van der Waals surface area contributed by atoms with Crippen LogP contribution in [0.5, 0.6) is 0 Å². The summed E-state index contributed by atoms with van der Waals surface area (Å²) in [5.41, 5.74) is 1.43. The van der Waals surface area contributed by atoms with Crippen molar-refractivity contribution in [3.63, 3.8) is 0 Å². The van der Waals surface area contributed by atoms with Crippen LogP contribution in [0.25, 0.3) is 0 Å². The first kappa shape index (κ1) is 16.7. The smallest absolute Gasteiger partial charge is 0.207 e. The third-order valence-corrected chi connectivity index (χ3v) is 6.48.